The van der Waals surface area contributed by atoms with E-state index in [9.17, 15) is 9.90 Å². The van der Waals surface area contributed by atoms with Crippen LogP contribution in [0.15, 0.2) is 103 Å². The maximum absolute atomic E-state index is 11.3. The van der Waals surface area contributed by atoms with Gasteiger partial charge in [0, 0.05) is 0 Å². The molecule has 0 aliphatic heterocycles. The molecule has 0 spiro atoms. The number of aromatic carboxylic acids is 1. The highest BCUT2D eigenvalue weighted by atomic mass is 16.5. The maximum atomic E-state index is 11.3. The number of imidazole rings is 1. The molecule has 0 atom stereocenters. The van der Waals surface area contributed by atoms with Crippen molar-refractivity contribution in [3.05, 3.63) is 120 Å². The van der Waals surface area contributed by atoms with Gasteiger partial charge in [-0.05, 0) is 47.0 Å². The number of fused-ring (bicyclic) bond motifs is 1. The molecule has 162 valence electrons. The molecule has 5 heteroatoms. The zero-order chi connectivity index (χ0) is 22.6. The second-order valence-electron chi connectivity index (χ2n) is 7.75. The summed E-state index contributed by atoms with van der Waals surface area (Å²) in [6.07, 6.45) is 0. The Morgan fingerprint density at radius 1 is 0.848 bits per heavy atom. The Morgan fingerprint density at radius 3 is 2.45 bits per heavy atom. The van der Waals surface area contributed by atoms with Crippen LogP contribution in [0.4, 0.5) is 0 Å². The number of carboxylic acid groups (broad SMARTS) is 1. The average molecular weight is 434 g/mol. The number of rotatable bonds is 7. The summed E-state index contributed by atoms with van der Waals surface area (Å²) in [6.45, 7) is 0.866. The highest BCUT2D eigenvalue weighted by Crippen LogP contribution is 2.27. The minimum atomic E-state index is -0.981. The lowest BCUT2D eigenvalue weighted by atomic mass is 9.99. The van der Waals surface area contributed by atoms with E-state index in [0.29, 0.717) is 12.3 Å². The number of ether oxygens (including phenoxy) is 1. The van der Waals surface area contributed by atoms with Crippen molar-refractivity contribution in [3.8, 4) is 16.9 Å². The van der Waals surface area contributed by atoms with Crippen molar-refractivity contribution in [2.75, 3.05) is 0 Å². The highest BCUT2D eigenvalue weighted by Gasteiger charge is 2.14. The van der Waals surface area contributed by atoms with Gasteiger partial charge in [-0.3, -0.25) is 0 Å². The summed E-state index contributed by atoms with van der Waals surface area (Å²) in [5.41, 5.74) is 5.64. The summed E-state index contributed by atoms with van der Waals surface area (Å²) in [6, 6.07) is 33.2. The van der Waals surface area contributed by atoms with Gasteiger partial charge in [-0.15, -0.1) is 0 Å². The molecule has 0 saturated heterocycles. The van der Waals surface area contributed by atoms with E-state index in [0.717, 1.165) is 16.9 Å². The molecule has 0 amide bonds. The number of para-hydroxylation sites is 2. The van der Waals surface area contributed by atoms with Gasteiger partial charge < -0.3 is 14.4 Å². The van der Waals surface area contributed by atoms with Crippen molar-refractivity contribution < 1.29 is 14.6 Å². The standard InChI is InChI=1S/C28H22N2O3/c31-28(32)21-12-8-13-23(17-21)33-19-27-29-25-15-6-7-16-26(25)30(27)18-22-11-4-5-14-24(22)20-9-2-1-3-10-20/h1-17H,18-19H2,(H,31,32). The van der Waals surface area contributed by atoms with Gasteiger partial charge in [-0.25, -0.2) is 9.78 Å². The zero-order valence-corrected chi connectivity index (χ0v) is 17.9. The Labute approximate surface area is 191 Å². The van der Waals surface area contributed by atoms with Crippen LogP contribution in [0.25, 0.3) is 22.2 Å². The molecular weight excluding hydrogens is 412 g/mol. The molecule has 4 aromatic carbocycles. The normalized spacial score (nSPS) is 10.9. The zero-order valence-electron chi connectivity index (χ0n) is 17.9. The van der Waals surface area contributed by atoms with Crippen molar-refractivity contribution >= 4 is 17.0 Å². The van der Waals surface area contributed by atoms with Crippen molar-refractivity contribution in [3.63, 3.8) is 0 Å². The van der Waals surface area contributed by atoms with Crippen LogP contribution in [0.3, 0.4) is 0 Å². The second-order valence-corrected chi connectivity index (χ2v) is 7.75. The van der Waals surface area contributed by atoms with Crippen LogP contribution in [0.2, 0.25) is 0 Å². The summed E-state index contributed by atoms with van der Waals surface area (Å²) in [5, 5.41) is 9.25. The van der Waals surface area contributed by atoms with Gasteiger partial charge in [-0.2, -0.15) is 0 Å². The fraction of sp³-hybridized carbons (Fsp3) is 0.0714. The van der Waals surface area contributed by atoms with Gasteiger partial charge in [-0.1, -0.05) is 72.8 Å². The molecule has 0 unspecified atom stereocenters. The molecule has 1 heterocycles. The Morgan fingerprint density at radius 2 is 1.61 bits per heavy atom. The predicted molar refractivity (Wildman–Crippen MR) is 128 cm³/mol. The van der Waals surface area contributed by atoms with Gasteiger partial charge >= 0.3 is 5.97 Å². The number of aromatic nitrogens is 2. The third kappa shape index (κ3) is 4.34. The van der Waals surface area contributed by atoms with Gasteiger partial charge in [0.1, 0.15) is 18.2 Å². The SMILES string of the molecule is O=C(O)c1cccc(OCc2nc3ccccc3n2Cc2ccccc2-c2ccccc2)c1. The van der Waals surface area contributed by atoms with Crippen molar-refractivity contribution in [2.24, 2.45) is 0 Å². The molecule has 33 heavy (non-hydrogen) atoms. The smallest absolute Gasteiger partial charge is 0.335 e. The first-order valence-corrected chi connectivity index (χ1v) is 10.7. The van der Waals surface area contributed by atoms with E-state index in [1.165, 1.54) is 22.8 Å². The molecule has 5 aromatic rings. The van der Waals surface area contributed by atoms with Crippen molar-refractivity contribution in [1.29, 1.82) is 0 Å². The number of nitrogens with zero attached hydrogens (tertiary/aromatic N) is 2. The molecule has 0 fully saturated rings. The highest BCUT2D eigenvalue weighted by molar-refractivity contribution is 5.88. The Hall–Kier alpha value is -4.38. The number of carboxylic acids is 1. The van der Waals surface area contributed by atoms with Gasteiger partial charge in [0.15, 0.2) is 0 Å². The lowest BCUT2D eigenvalue weighted by molar-refractivity contribution is 0.0696. The van der Waals surface area contributed by atoms with E-state index in [-0.39, 0.29) is 12.2 Å². The molecule has 0 saturated carbocycles. The van der Waals surface area contributed by atoms with Crippen molar-refractivity contribution in [1.82, 2.24) is 9.55 Å². The van der Waals surface area contributed by atoms with E-state index in [1.54, 1.807) is 18.2 Å². The van der Waals surface area contributed by atoms with E-state index in [2.05, 4.69) is 47.0 Å². The first-order valence-electron chi connectivity index (χ1n) is 10.7. The van der Waals surface area contributed by atoms with Gasteiger partial charge in [0.05, 0.1) is 23.1 Å². The van der Waals surface area contributed by atoms with Crippen LogP contribution in [0.1, 0.15) is 21.7 Å². The van der Waals surface area contributed by atoms with Crippen LogP contribution < -0.4 is 4.74 Å². The lowest BCUT2D eigenvalue weighted by Gasteiger charge is -2.14. The lowest BCUT2D eigenvalue weighted by Crippen LogP contribution is -2.09. The third-order valence-electron chi connectivity index (χ3n) is 5.61. The Balaban J connectivity index is 1.50. The summed E-state index contributed by atoms with van der Waals surface area (Å²) in [7, 11) is 0. The maximum Gasteiger partial charge on any atom is 0.335 e. The molecule has 1 aromatic heterocycles. The molecule has 5 rings (SSSR count). The van der Waals surface area contributed by atoms with Crippen molar-refractivity contribution in [2.45, 2.75) is 13.2 Å². The minimum absolute atomic E-state index is 0.192. The monoisotopic (exact) mass is 434 g/mol. The first kappa shape index (κ1) is 20.5. The van der Waals surface area contributed by atoms with E-state index in [1.807, 2.05) is 36.4 Å². The summed E-state index contributed by atoms with van der Waals surface area (Å²) < 4.78 is 8.12. The Kier molecular flexibility index (Phi) is 5.60. The molecular formula is C28H22N2O3. The van der Waals surface area contributed by atoms with Crippen LogP contribution in [0.5, 0.6) is 5.75 Å². The van der Waals surface area contributed by atoms with Crippen LogP contribution in [0, 0.1) is 0 Å². The van der Waals surface area contributed by atoms with Crippen LogP contribution >= 0.6 is 0 Å². The molecule has 0 bridgehead atoms. The first-order chi connectivity index (χ1) is 16.2. The summed E-state index contributed by atoms with van der Waals surface area (Å²) >= 11 is 0. The molecule has 0 radical (unpaired) electrons. The predicted octanol–water partition coefficient (Wildman–Crippen LogP) is 6.03. The average Bonchev–Trinajstić information content (AvgIpc) is 3.21. The Bertz CT molecular complexity index is 1420. The van der Waals surface area contributed by atoms with Crippen LogP contribution in [-0.4, -0.2) is 20.6 Å². The molecule has 5 nitrogen and oxygen atoms in total. The fourth-order valence-corrected chi connectivity index (χ4v) is 4.01. The van der Waals surface area contributed by atoms with E-state index < -0.39 is 5.97 Å². The van der Waals surface area contributed by atoms with E-state index >= 15 is 0 Å². The second kappa shape index (κ2) is 9.01. The fourth-order valence-electron chi connectivity index (χ4n) is 4.01. The molecule has 0 aliphatic carbocycles. The molecule has 0 aliphatic rings. The number of benzene rings is 4. The van der Waals surface area contributed by atoms with Gasteiger partial charge in [0.2, 0.25) is 0 Å². The molecule has 1 N–H and O–H groups in total. The quantitative estimate of drug-likeness (QED) is 0.340. The van der Waals surface area contributed by atoms with Crippen LogP contribution in [-0.2, 0) is 13.2 Å². The summed E-state index contributed by atoms with van der Waals surface area (Å²) in [5.74, 6) is 0.295. The minimum Gasteiger partial charge on any atom is -0.486 e. The third-order valence-corrected chi connectivity index (χ3v) is 5.61. The van der Waals surface area contributed by atoms with Gasteiger partial charge in [0.25, 0.3) is 0 Å². The number of hydrogen-bond acceptors (Lipinski definition) is 3. The topological polar surface area (TPSA) is 64.3 Å². The van der Waals surface area contributed by atoms with E-state index in [4.69, 9.17) is 9.72 Å². The largest absolute Gasteiger partial charge is 0.486 e. The summed E-state index contributed by atoms with van der Waals surface area (Å²) in [4.78, 5) is 16.1. The number of hydrogen-bond donors (Lipinski definition) is 1. The number of carbonyl (C=O) groups is 1.